The number of piperazine rings is 1. The van der Waals surface area contributed by atoms with Crippen molar-refractivity contribution in [2.75, 3.05) is 39.8 Å². The van der Waals surface area contributed by atoms with Crippen LogP contribution in [0.25, 0.3) is 0 Å². The van der Waals surface area contributed by atoms with Crippen molar-refractivity contribution in [1.82, 2.24) is 19.1 Å². The lowest BCUT2D eigenvalue weighted by Crippen LogP contribution is -2.53. The fourth-order valence-corrected chi connectivity index (χ4v) is 5.24. The van der Waals surface area contributed by atoms with E-state index >= 15 is 0 Å². The Morgan fingerprint density at radius 2 is 1.75 bits per heavy atom. The van der Waals surface area contributed by atoms with Gasteiger partial charge >= 0.3 is 0 Å². The third-order valence-corrected chi connectivity index (χ3v) is 7.74. The lowest BCUT2D eigenvalue weighted by Gasteiger charge is -2.35. The van der Waals surface area contributed by atoms with Gasteiger partial charge in [-0.05, 0) is 23.6 Å². The van der Waals surface area contributed by atoms with Crippen molar-refractivity contribution in [2.24, 2.45) is 0 Å². The van der Waals surface area contributed by atoms with E-state index in [1.54, 1.807) is 33.5 Å². The second-order valence-electron chi connectivity index (χ2n) is 6.45. The van der Waals surface area contributed by atoms with Gasteiger partial charge in [-0.15, -0.1) is 11.3 Å². The number of aromatic nitrogens is 1. The van der Waals surface area contributed by atoms with Crippen molar-refractivity contribution in [1.29, 1.82) is 0 Å². The summed E-state index contributed by atoms with van der Waals surface area (Å²) in [5, 5.41) is 1.68. The molecule has 3 heterocycles. The third-order valence-electron chi connectivity index (χ3n) is 4.56. The summed E-state index contributed by atoms with van der Waals surface area (Å²) in [6.45, 7) is 1.42. The molecule has 0 radical (unpaired) electrons. The number of likely N-dealkylation sites (N-methyl/N-ethyl adjacent to an activating group) is 1. The van der Waals surface area contributed by atoms with E-state index in [0.29, 0.717) is 31.9 Å². The van der Waals surface area contributed by atoms with Crippen LogP contribution in [-0.4, -0.2) is 79.1 Å². The van der Waals surface area contributed by atoms with E-state index in [9.17, 15) is 18.0 Å². The van der Waals surface area contributed by atoms with Crippen LogP contribution < -0.4 is 0 Å². The van der Waals surface area contributed by atoms with Crippen LogP contribution in [0, 0.1) is 0 Å². The summed E-state index contributed by atoms with van der Waals surface area (Å²) < 4.78 is 26.2. The van der Waals surface area contributed by atoms with Gasteiger partial charge in [-0.25, -0.2) is 8.42 Å². The molecule has 8 nitrogen and oxygen atoms in total. The van der Waals surface area contributed by atoms with E-state index in [1.807, 2.05) is 12.1 Å². The first-order valence-electron chi connectivity index (χ1n) is 8.83. The van der Waals surface area contributed by atoms with Gasteiger partial charge in [0, 0.05) is 45.1 Å². The van der Waals surface area contributed by atoms with Crippen molar-refractivity contribution in [3.05, 3.63) is 47.6 Å². The molecule has 150 valence electrons. The van der Waals surface area contributed by atoms with E-state index in [1.165, 1.54) is 13.1 Å². The SMILES string of the molecule is CN(CC(=O)N1CCN(C(=O)Cc2ccccn2)CC1)S(=O)(=O)c1cccs1. The molecule has 0 atom stereocenters. The van der Waals surface area contributed by atoms with Crippen LogP contribution in [0.15, 0.2) is 46.1 Å². The number of nitrogens with zero attached hydrogens (tertiary/aromatic N) is 4. The van der Waals surface area contributed by atoms with Crippen molar-refractivity contribution >= 4 is 33.2 Å². The molecule has 0 bridgehead atoms. The number of carbonyl (C=O) groups is 2. The minimum absolute atomic E-state index is 0.0248. The van der Waals surface area contributed by atoms with E-state index in [-0.39, 0.29) is 29.0 Å². The topological polar surface area (TPSA) is 90.9 Å². The molecule has 1 saturated heterocycles. The van der Waals surface area contributed by atoms with Gasteiger partial charge in [0.15, 0.2) is 0 Å². The molecule has 1 aliphatic heterocycles. The Bertz CT molecular complexity index is 908. The average Bonchev–Trinajstić information content (AvgIpc) is 3.24. The molecule has 2 aromatic heterocycles. The molecule has 3 rings (SSSR count). The molecule has 0 aliphatic carbocycles. The summed E-state index contributed by atoms with van der Waals surface area (Å²) in [4.78, 5) is 32.4. The minimum Gasteiger partial charge on any atom is -0.339 e. The molecule has 1 fully saturated rings. The summed E-state index contributed by atoms with van der Waals surface area (Å²) in [5.74, 6) is -0.289. The van der Waals surface area contributed by atoms with Gasteiger partial charge in [0.05, 0.1) is 13.0 Å². The Kier molecular flexibility index (Phi) is 6.42. The molecule has 0 aromatic carbocycles. The fourth-order valence-electron chi connectivity index (χ4n) is 2.91. The van der Waals surface area contributed by atoms with Gasteiger partial charge in [0.25, 0.3) is 10.0 Å². The predicted molar refractivity (Wildman–Crippen MR) is 105 cm³/mol. The minimum atomic E-state index is -3.66. The molecule has 0 saturated carbocycles. The summed E-state index contributed by atoms with van der Waals surface area (Å²) in [6, 6.07) is 8.63. The maximum absolute atomic E-state index is 12.5. The summed E-state index contributed by atoms with van der Waals surface area (Å²) >= 11 is 1.12. The quantitative estimate of drug-likeness (QED) is 0.683. The Labute approximate surface area is 168 Å². The van der Waals surface area contributed by atoms with E-state index in [2.05, 4.69) is 4.98 Å². The van der Waals surface area contributed by atoms with E-state index < -0.39 is 10.0 Å². The number of hydrogen-bond donors (Lipinski definition) is 0. The Morgan fingerprint density at radius 3 is 2.32 bits per heavy atom. The summed E-state index contributed by atoms with van der Waals surface area (Å²) in [5.41, 5.74) is 0.714. The Hall–Kier alpha value is -2.30. The zero-order chi connectivity index (χ0) is 20.1. The molecular weight excluding hydrogens is 400 g/mol. The number of hydrogen-bond acceptors (Lipinski definition) is 6. The van der Waals surface area contributed by atoms with Gasteiger partial charge in [-0.1, -0.05) is 12.1 Å². The fraction of sp³-hybridized carbons (Fsp3) is 0.389. The first kappa shape index (κ1) is 20.4. The number of amides is 2. The summed E-state index contributed by atoms with van der Waals surface area (Å²) in [7, 11) is -2.25. The van der Waals surface area contributed by atoms with Crippen LogP contribution in [0.3, 0.4) is 0 Å². The smallest absolute Gasteiger partial charge is 0.252 e. The maximum Gasteiger partial charge on any atom is 0.252 e. The molecular formula is C18H22N4O4S2. The number of pyridine rings is 1. The molecule has 0 N–H and O–H groups in total. The van der Waals surface area contributed by atoms with Gasteiger partial charge in [0.1, 0.15) is 4.21 Å². The molecule has 2 aromatic rings. The molecule has 0 spiro atoms. The monoisotopic (exact) mass is 422 g/mol. The lowest BCUT2D eigenvalue weighted by atomic mass is 10.2. The van der Waals surface area contributed by atoms with Crippen molar-refractivity contribution in [3.8, 4) is 0 Å². The number of sulfonamides is 1. The van der Waals surface area contributed by atoms with Crippen LogP contribution in [-0.2, 0) is 26.0 Å². The number of carbonyl (C=O) groups excluding carboxylic acids is 2. The zero-order valence-corrected chi connectivity index (χ0v) is 17.2. The van der Waals surface area contributed by atoms with Crippen LogP contribution in [0.1, 0.15) is 5.69 Å². The molecule has 10 heteroatoms. The largest absolute Gasteiger partial charge is 0.339 e. The van der Waals surface area contributed by atoms with Gasteiger partial charge < -0.3 is 9.80 Å². The standard InChI is InChI=1S/C18H22N4O4S2/c1-20(28(25,26)18-6-4-12-27-18)14-17(24)22-10-8-21(9-11-22)16(23)13-15-5-2-3-7-19-15/h2-7,12H,8-11,13-14H2,1H3. The Morgan fingerprint density at radius 1 is 1.07 bits per heavy atom. The zero-order valence-electron chi connectivity index (χ0n) is 15.5. The lowest BCUT2D eigenvalue weighted by molar-refractivity contribution is -0.139. The number of thiophene rings is 1. The van der Waals surface area contributed by atoms with Gasteiger partial charge in [-0.3, -0.25) is 14.6 Å². The van der Waals surface area contributed by atoms with Crippen molar-refractivity contribution in [3.63, 3.8) is 0 Å². The molecule has 0 unspecified atom stereocenters. The normalized spacial score (nSPS) is 15.1. The molecule has 2 amide bonds. The Balaban J connectivity index is 1.50. The highest BCUT2D eigenvalue weighted by molar-refractivity contribution is 7.91. The van der Waals surface area contributed by atoms with Crippen LogP contribution >= 0.6 is 11.3 Å². The average molecular weight is 423 g/mol. The van der Waals surface area contributed by atoms with Crippen LogP contribution in [0.5, 0.6) is 0 Å². The highest BCUT2D eigenvalue weighted by Gasteiger charge is 2.28. The highest BCUT2D eigenvalue weighted by Crippen LogP contribution is 2.19. The van der Waals surface area contributed by atoms with Crippen LogP contribution in [0.2, 0.25) is 0 Å². The molecule has 28 heavy (non-hydrogen) atoms. The maximum atomic E-state index is 12.5. The van der Waals surface area contributed by atoms with Gasteiger partial charge in [0.2, 0.25) is 11.8 Å². The second-order valence-corrected chi connectivity index (χ2v) is 9.67. The molecule has 1 aliphatic rings. The second kappa shape index (κ2) is 8.80. The first-order chi connectivity index (χ1) is 13.4. The highest BCUT2D eigenvalue weighted by atomic mass is 32.2. The van der Waals surface area contributed by atoms with E-state index in [4.69, 9.17) is 0 Å². The van der Waals surface area contributed by atoms with E-state index in [0.717, 1.165) is 15.6 Å². The van der Waals surface area contributed by atoms with Crippen molar-refractivity contribution < 1.29 is 18.0 Å². The predicted octanol–water partition coefficient (Wildman–Crippen LogP) is 0.677. The van der Waals surface area contributed by atoms with Gasteiger partial charge in [-0.2, -0.15) is 4.31 Å². The van der Waals surface area contributed by atoms with Crippen molar-refractivity contribution in [2.45, 2.75) is 10.6 Å². The van der Waals surface area contributed by atoms with Crippen LogP contribution in [0.4, 0.5) is 0 Å². The summed E-state index contributed by atoms with van der Waals surface area (Å²) in [6.07, 6.45) is 1.89. The number of rotatable bonds is 6. The first-order valence-corrected chi connectivity index (χ1v) is 11.1. The third kappa shape index (κ3) is 4.75.